The Bertz CT molecular complexity index is 1310. The second kappa shape index (κ2) is 8.87. The molecule has 0 fully saturated rings. The van der Waals surface area contributed by atoms with Crippen molar-refractivity contribution in [1.29, 1.82) is 0 Å². The number of pyridine rings is 1. The number of aromatic nitrogens is 4. The summed E-state index contributed by atoms with van der Waals surface area (Å²) in [6.07, 6.45) is 1.64. The summed E-state index contributed by atoms with van der Waals surface area (Å²) < 4.78 is 7.68. The number of carbonyl (C=O) groups excluding carboxylic acids is 1. The minimum absolute atomic E-state index is 0.270. The maximum absolute atomic E-state index is 13.5. The second-order valence-electron chi connectivity index (χ2n) is 7.39. The van der Waals surface area contributed by atoms with Gasteiger partial charge >= 0.3 is 0 Å². The van der Waals surface area contributed by atoms with Crippen molar-refractivity contribution in [2.24, 2.45) is 0 Å². The first kappa shape index (κ1) is 20.9. The molecule has 9 heteroatoms. The van der Waals surface area contributed by atoms with Crippen LogP contribution in [0.15, 0.2) is 77.4 Å². The number of rotatable bonds is 6. The molecular weight excluding hydrogens is 436 g/mol. The molecule has 0 aliphatic carbocycles. The molecule has 0 saturated heterocycles. The van der Waals surface area contributed by atoms with Crippen LogP contribution in [0.5, 0.6) is 5.75 Å². The Hall–Kier alpha value is -3.98. The number of hydrogen-bond donors (Lipinski definition) is 2. The quantitative estimate of drug-likeness (QED) is 0.434. The first-order chi connectivity index (χ1) is 16.2. The molecule has 2 N–H and O–H groups in total. The van der Waals surface area contributed by atoms with Crippen LogP contribution in [0.3, 0.4) is 0 Å². The zero-order valence-corrected chi connectivity index (χ0v) is 19.0. The van der Waals surface area contributed by atoms with Gasteiger partial charge in [-0.15, -0.1) is 16.4 Å². The predicted octanol–water partition coefficient (Wildman–Crippen LogP) is 4.73. The fourth-order valence-corrected chi connectivity index (χ4v) is 4.51. The molecule has 0 radical (unpaired) electrons. The third kappa shape index (κ3) is 3.98. The Morgan fingerprint density at radius 3 is 2.79 bits per heavy atom. The van der Waals surface area contributed by atoms with Gasteiger partial charge in [0.05, 0.1) is 17.1 Å². The Balaban J connectivity index is 1.64. The van der Waals surface area contributed by atoms with Gasteiger partial charge in [-0.2, -0.15) is 4.98 Å². The summed E-state index contributed by atoms with van der Waals surface area (Å²) in [7, 11) is 0. The average molecular weight is 459 g/mol. The van der Waals surface area contributed by atoms with Gasteiger partial charge in [-0.3, -0.25) is 4.79 Å². The SMILES string of the molecule is CCOc1ccccc1C1C(C(=O)Nc2ccccn2)=C(C)Nc2nc(-c3cccs3)nn21. The first-order valence-corrected chi connectivity index (χ1v) is 11.5. The summed E-state index contributed by atoms with van der Waals surface area (Å²) in [5.41, 5.74) is 2.04. The van der Waals surface area contributed by atoms with Gasteiger partial charge in [0.15, 0.2) is 5.82 Å². The van der Waals surface area contributed by atoms with Crippen molar-refractivity contribution in [3.8, 4) is 16.5 Å². The molecule has 3 aromatic heterocycles. The lowest BCUT2D eigenvalue weighted by atomic mass is 9.94. The number of carbonyl (C=O) groups is 1. The van der Waals surface area contributed by atoms with Gasteiger partial charge in [-0.1, -0.05) is 30.3 Å². The van der Waals surface area contributed by atoms with E-state index in [0.717, 1.165) is 10.4 Å². The third-order valence-corrected chi connectivity index (χ3v) is 6.12. The standard InChI is InChI=1S/C24H22N6O2S/c1-3-32-17-10-5-4-9-16(17)21-20(23(31)27-19-12-6-7-13-25-19)15(2)26-24-28-22(29-30(21)24)18-11-8-14-33-18/h4-14,21H,3H2,1-2H3,(H,25,27,31)(H,26,28,29). The van der Waals surface area contributed by atoms with Gasteiger partial charge < -0.3 is 15.4 Å². The lowest BCUT2D eigenvalue weighted by Gasteiger charge is -2.29. The largest absolute Gasteiger partial charge is 0.494 e. The number of thiophene rings is 1. The van der Waals surface area contributed by atoms with Gasteiger partial charge in [0, 0.05) is 17.5 Å². The molecule has 1 unspecified atom stereocenters. The first-order valence-electron chi connectivity index (χ1n) is 10.6. The maximum atomic E-state index is 13.5. The van der Waals surface area contributed by atoms with Crippen LogP contribution in [-0.2, 0) is 4.79 Å². The highest BCUT2D eigenvalue weighted by Crippen LogP contribution is 2.40. The molecule has 0 bridgehead atoms. The highest BCUT2D eigenvalue weighted by Gasteiger charge is 2.36. The minimum atomic E-state index is -0.533. The van der Waals surface area contributed by atoms with E-state index in [1.165, 1.54) is 0 Å². The number of allylic oxidation sites excluding steroid dienone is 1. The Morgan fingerprint density at radius 2 is 2.03 bits per heavy atom. The van der Waals surface area contributed by atoms with Gasteiger partial charge in [-0.05, 0) is 43.5 Å². The molecule has 1 aliphatic rings. The average Bonchev–Trinajstić information content (AvgIpc) is 3.49. The lowest BCUT2D eigenvalue weighted by Crippen LogP contribution is -2.32. The normalized spacial score (nSPS) is 15.0. The number of amides is 1. The molecule has 8 nitrogen and oxygen atoms in total. The third-order valence-electron chi connectivity index (χ3n) is 5.26. The molecule has 1 atom stereocenters. The van der Waals surface area contributed by atoms with Crippen LogP contribution in [0.1, 0.15) is 25.5 Å². The maximum Gasteiger partial charge on any atom is 0.257 e. The number of anilines is 2. The van der Waals surface area contributed by atoms with Crippen LogP contribution < -0.4 is 15.4 Å². The molecule has 4 aromatic rings. The van der Waals surface area contributed by atoms with Gasteiger partial charge in [0.1, 0.15) is 17.6 Å². The minimum Gasteiger partial charge on any atom is -0.494 e. The number of ether oxygens (including phenoxy) is 1. The molecule has 1 amide bonds. The van der Waals surface area contributed by atoms with Gasteiger partial charge in [0.2, 0.25) is 5.95 Å². The Morgan fingerprint density at radius 1 is 1.18 bits per heavy atom. The highest BCUT2D eigenvalue weighted by atomic mass is 32.1. The molecule has 4 heterocycles. The number of benzene rings is 1. The van der Waals surface area contributed by atoms with E-state index in [1.807, 2.05) is 61.7 Å². The van der Waals surface area contributed by atoms with Crippen molar-refractivity contribution in [3.05, 3.63) is 83.0 Å². The van der Waals surface area contributed by atoms with Crippen LogP contribution >= 0.6 is 11.3 Å². The van der Waals surface area contributed by atoms with Crippen LogP contribution in [0.25, 0.3) is 10.7 Å². The van der Waals surface area contributed by atoms with Crippen molar-refractivity contribution in [3.63, 3.8) is 0 Å². The number of hydrogen-bond acceptors (Lipinski definition) is 7. The van der Waals surface area contributed by atoms with Gasteiger partial charge in [-0.25, -0.2) is 9.67 Å². The van der Waals surface area contributed by atoms with E-state index in [2.05, 4.69) is 15.6 Å². The smallest absolute Gasteiger partial charge is 0.257 e. The number of para-hydroxylation sites is 1. The summed E-state index contributed by atoms with van der Waals surface area (Å²) in [5.74, 6) is 2.08. The lowest BCUT2D eigenvalue weighted by molar-refractivity contribution is -0.113. The molecule has 0 spiro atoms. The Labute approximate surface area is 195 Å². The monoisotopic (exact) mass is 458 g/mol. The second-order valence-corrected chi connectivity index (χ2v) is 8.33. The number of nitrogens with one attached hydrogen (secondary N) is 2. The molecule has 166 valence electrons. The van der Waals surface area contributed by atoms with E-state index in [-0.39, 0.29) is 5.91 Å². The van der Waals surface area contributed by atoms with Crippen molar-refractivity contribution in [2.45, 2.75) is 19.9 Å². The van der Waals surface area contributed by atoms with E-state index in [4.69, 9.17) is 14.8 Å². The van der Waals surface area contributed by atoms with E-state index in [9.17, 15) is 4.79 Å². The van der Waals surface area contributed by atoms with E-state index in [0.29, 0.717) is 41.2 Å². The molecule has 0 saturated carbocycles. The highest BCUT2D eigenvalue weighted by molar-refractivity contribution is 7.13. The summed E-state index contributed by atoms with van der Waals surface area (Å²) in [5, 5.41) is 13.0. The molecule has 1 aliphatic heterocycles. The molecule has 5 rings (SSSR count). The van der Waals surface area contributed by atoms with E-state index >= 15 is 0 Å². The fraction of sp³-hybridized carbons (Fsp3) is 0.167. The molecule has 33 heavy (non-hydrogen) atoms. The molecule has 1 aromatic carbocycles. The summed E-state index contributed by atoms with van der Waals surface area (Å²) >= 11 is 1.57. The van der Waals surface area contributed by atoms with E-state index < -0.39 is 6.04 Å². The van der Waals surface area contributed by atoms with Gasteiger partial charge in [0.25, 0.3) is 5.91 Å². The molecular formula is C24H22N6O2S. The number of nitrogens with zero attached hydrogens (tertiary/aromatic N) is 4. The van der Waals surface area contributed by atoms with Crippen LogP contribution in [0.4, 0.5) is 11.8 Å². The predicted molar refractivity (Wildman–Crippen MR) is 128 cm³/mol. The van der Waals surface area contributed by atoms with Crippen molar-refractivity contribution in [1.82, 2.24) is 19.7 Å². The zero-order chi connectivity index (χ0) is 22.8. The van der Waals surface area contributed by atoms with Crippen LogP contribution in [-0.4, -0.2) is 32.3 Å². The summed E-state index contributed by atoms with van der Waals surface area (Å²) in [4.78, 5) is 23.4. The van der Waals surface area contributed by atoms with Crippen LogP contribution in [0.2, 0.25) is 0 Å². The zero-order valence-electron chi connectivity index (χ0n) is 18.1. The van der Waals surface area contributed by atoms with Crippen LogP contribution in [0, 0.1) is 0 Å². The topological polar surface area (TPSA) is 94.0 Å². The summed E-state index contributed by atoms with van der Waals surface area (Å²) in [6.45, 7) is 4.31. The summed E-state index contributed by atoms with van der Waals surface area (Å²) in [6, 6.07) is 16.5. The van der Waals surface area contributed by atoms with E-state index in [1.54, 1.807) is 34.3 Å². The van der Waals surface area contributed by atoms with Crippen molar-refractivity contribution < 1.29 is 9.53 Å². The Kier molecular flexibility index (Phi) is 5.62. The number of fused-ring (bicyclic) bond motifs is 1. The van der Waals surface area contributed by atoms with Crippen molar-refractivity contribution >= 4 is 29.0 Å². The fourth-order valence-electron chi connectivity index (χ4n) is 3.86. The van der Waals surface area contributed by atoms with Crippen molar-refractivity contribution in [2.75, 3.05) is 17.2 Å².